The van der Waals surface area contributed by atoms with E-state index in [0.29, 0.717) is 23.2 Å². The Morgan fingerprint density at radius 1 is 1.03 bits per heavy atom. The molecule has 1 N–H and O–H groups in total. The molecule has 0 radical (unpaired) electrons. The topological polar surface area (TPSA) is 46.5 Å². The Bertz CT molecular complexity index is 898. The van der Waals surface area contributed by atoms with E-state index in [-0.39, 0.29) is 34.4 Å². The van der Waals surface area contributed by atoms with Crippen LogP contribution < -0.4 is 0 Å². The van der Waals surface area contributed by atoms with Crippen molar-refractivity contribution in [1.29, 1.82) is 0 Å². The second-order valence-electron chi connectivity index (χ2n) is 14.3. The van der Waals surface area contributed by atoms with Crippen molar-refractivity contribution in [1.82, 2.24) is 0 Å². The highest BCUT2D eigenvalue weighted by molar-refractivity contribution is 5.66. The minimum atomic E-state index is -0.264. The Labute approximate surface area is 215 Å². The maximum Gasteiger partial charge on any atom is 0.302 e. The second-order valence-corrected chi connectivity index (χ2v) is 14.3. The van der Waals surface area contributed by atoms with Gasteiger partial charge in [0.25, 0.3) is 0 Å². The molecule has 0 aromatic carbocycles. The number of hydrogen-bond acceptors (Lipinski definition) is 3. The third-order valence-corrected chi connectivity index (χ3v) is 12.0. The van der Waals surface area contributed by atoms with Gasteiger partial charge in [-0.25, -0.2) is 0 Å². The van der Waals surface area contributed by atoms with Crippen molar-refractivity contribution in [2.45, 2.75) is 132 Å². The lowest BCUT2D eigenvalue weighted by Crippen LogP contribution is -2.55. The third kappa shape index (κ3) is 4.16. The lowest BCUT2D eigenvalue weighted by Gasteiger charge is -2.62. The standard InChI is InChI=1S/C32H52O3/c1-20(2)18-23(34)19-21(3)24-12-16-32(9)26-10-11-27-29(5,6)28(35-22(4)33)14-15-30(27,7)25(26)13-17-31(24,32)8/h21,23-24,27-28,34H,1,10-19H2,2-9H3/t21-,23?,24-,27?,28?,30-,31-,32+/m1/s1. The Hall–Kier alpha value is -1.09. The van der Waals surface area contributed by atoms with Gasteiger partial charge in [0.05, 0.1) is 6.10 Å². The zero-order chi connectivity index (χ0) is 26.0. The number of esters is 1. The predicted molar refractivity (Wildman–Crippen MR) is 144 cm³/mol. The summed E-state index contributed by atoms with van der Waals surface area (Å²) in [7, 11) is 0. The average Bonchev–Trinajstić information content (AvgIpc) is 3.01. The highest BCUT2D eigenvalue weighted by Gasteiger charge is 2.63. The minimum absolute atomic E-state index is 0.00496. The molecule has 0 aliphatic heterocycles. The van der Waals surface area contributed by atoms with Crippen molar-refractivity contribution in [3.63, 3.8) is 0 Å². The van der Waals surface area contributed by atoms with Crippen LogP contribution in [0.3, 0.4) is 0 Å². The number of carbonyl (C=O) groups is 1. The van der Waals surface area contributed by atoms with E-state index in [1.807, 2.05) is 6.92 Å². The number of hydrogen-bond donors (Lipinski definition) is 1. The first-order valence-electron chi connectivity index (χ1n) is 14.4. The molecule has 0 amide bonds. The van der Waals surface area contributed by atoms with E-state index in [1.165, 1.54) is 38.5 Å². The van der Waals surface area contributed by atoms with E-state index >= 15 is 0 Å². The Balaban J connectivity index is 1.62. The number of carbonyl (C=O) groups excluding carboxylic acids is 1. The van der Waals surface area contributed by atoms with E-state index in [1.54, 1.807) is 18.1 Å². The van der Waals surface area contributed by atoms with Crippen LogP contribution in [-0.2, 0) is 9.53 Å². The summed E-state index contributed by atoms with van der Waals surface area (Å²) in [6, 6.07) is 0. The largest absolute Gasteiger partial charge is 0.462 e. The zero-order valence-corrected chi connectivity index (χ0v) is 23.9. The van der Waals surface area contributed by atoms with Gasteiger partial charge in [-0.1, -0.05) is 58.3 Å². The van der Waals surface area contributed by atoms with Crippen molar-refractivity contribution in [2.75, 3.05) is 0 Å². The molecule has 198 valence electrons. The first kappa shape index (κ1) is 27.0. The summed E-state index contributed by atoms with van der Waals surface area (Å²) in [5.41, 5.74) is 5.45. The summed E-state index contributed by atoms with van der Waals surface area (Å²) in [4.78, 5) is 11.8. The number of aliphatic hydroxyl groups excluding tert-OH is 1. The van der Waals surface area contributed by atoms with Crippen molar-refractivity contribution in [2.24, 2.45) is 39.4 Å². The van der Waals surface area contributed by atoms with Crippen LogP contribution >= 0.6 is 0 Å². The van der Waals surface area contributed by atoms with Crippen molar-refractivity contribution < 1.29 is 14.6 Å². The maximum atomic E-state index is 11.8. The molecule has 3 heteroatoms. The molecular formula is C32H52O3. The van der Waals surface area contributed by atoms with Gasteiger partial charge in [0, 0.05) is 12.3 Å². The summed E-state index contributed by atoms with van der Waals surface area (Å²) < 4.78 is 5.86. The Morgan fingerprint density at radius 3 is 2.34 bits per heavy atom. The van der Waals surface area contributed by atoms with Crippen molar-refractivity contribution in [3.05, 3.63) is 23.3 Å². The lowest BCUT2D eigenvalue weighted by atomic mass is 9.43. The molecule has 35 heavy (non-hydrogen) atoms. The summed E-state index contributed by atoms with van der Waals surface area (Å²) in [6.45, 7) is 22.4. The molecule has 4 aliphatic rings. The zero-order valence-electron chi connectivity index (χ0n) is 23.9. The summed E-state index contributed by atoms with van der Waals surface area (Å²) in [6.07, 6.45) is 11.0. The smallest absolute Gasteiger partial charge is 0.302 e. The molecule has 8 atom stereocenters. The Kier molecular flexibility index (Phi) is 6.96. The summed E-state index contributed by atoms with van der Waals surface area (Å²) >= 11 is 0. The second kappa shape index (κ2) is 9.03. The van der Waals surface area contributed by atoms with Gasteiger partial charge in [-0.05, 0) is 105 Å². The van der Waals surface area contributed by atoms with Crippen LogP contribution in [0.2, 0.25) is 0 Å². The average molecular weight is 485 g/mol. The quantitative estimate of drug-likeness (QED) is 0.307. The molecule has 3 unspecified atom stereocenters. The minimum Gasteiger partial charge on any atom is -0.462 e. The van der Waals surface area contributed by atoms with Gasteiger partial charge in [-0.3, -0.25) is 4.79 Å². The molecule has 0 bridgehead atoms. The van der Waals surface area contributed by atoms with E-state index in [2.05, 4.69) is 48.1 Å². The molecular weight excluding hydrogens is 432 g/mol. The van der Waals surface area contributed by atoms with Crippen molar-refractivity contribution in [3.8, 4) is 0 Å². The number of ether oxygens (including phenoxy) is 1. The lowest BCUT2D eigenvalue weighted by molar-refractivity contribution is -0.167. The van der Waals surface area contributed by atoms with Crippen LogP contribution in [0.4, 0.5) is 0 Å². The number of aliphatic hydroxyl groups is 1. The molecule has 4 aliphatic carbocycles. The molecule has 0 aromatic rings. The molecule has 0 aromatic heterocycles. The van der Waals surface area contributed by atoms with Gasteiger partial charge in [-0.2, -0.15) is 0 Å². The fraction of sp³-hybridized carbons (Fsp3) is 0.844. The predicted octanol–water partition coefficient (Wildman–Crippen LogP) is 8.02. The van der Waals surface area contributed by atoms with E-state index < -0.39 is 0 Å². The molecule has 2 saturated carbocycles. The van der Waals surface area contributed by atoms with Crippen LogP contribution in [-0.4, -0.2) is 23.3 Å². The molecule has 0 spiro atoms. The van der Waals surface area contributed by atoms with Gasteiger partial charge in [0.1, 0.15) is 6.10 Å². The van der Waals surface area contributed by atoms with Crippen LogP contribution in [0.5, 0.6) is 0 Å². The Morgan fingerprint density at radius 2 is 1.71 bits per heavy atom. The highest BCUT2D eigenvalue weighted by Crippen LogP contribution is 2.72. The van der Waals surface area contributed by atoms with E-state index in [9.17, 15) is 9.90 Å². The fourth-order valence-corrected chi connectivity index (χ4v) is 10.1. The fourth-order valence-electron chi connectivity index (χ4n) is 10.1. The SMILES string of the molecule is C=C(C)CC(O)C[C@@H](C)[C@H]1CC[C@@]2(C)C3=C(CC[C@]12C)[C@@]1(C)CCC(OC(C)=O)C(C)(C)C1CC3. The number of rotatable bonds is 6. The number of allylic oxidation sites excluding steroid dienone is 2. The van der Waals surface area contributed by atoms with Gasteiger partial charge < -0.3 is 9.84 Å². The molecule has 3 nitrogen and oxygen atoms in total. The molecule has 4 rings (SSSR count). The number of fused-ring (bicyclic) bond motifs is 4. The maximum absolute atomic E-state index is 11.8. The van der Waals surface area contributed by atoms with Crippen LogP contribution in [0.15, 0.2) is 23.3 Å². The van der Waals surface area contributed by atoms with Crippen LogP contribution in [0.1, 0.15) is 120 Å². The van der Waals surface area contributed by atoms with E-state index in [0.717, 1.165) is 31.3 Å². The van der Waals surface area contributed by atoms with Gasteiger partial charge in [0.2, 0.25) is 0 Å². The van der Waals surface area contributed by atoms with Crippen LogP contribution in [0.25, 0.3) is 0 Å². The highest BCUT2D eigenvalue weighted by atomic mass is 16.5. The monoisotopic (exact) mass is 484 g/mol. The third-order valence-electron chi connectivity index (χ3n) is 12.0. The van der Waals surface area contributed by atoms with Gasteiger partial charge in [0.15, 0.2) is 0 Å². The molecule has 0 saturated heterocycles. The molecule has 2 fully saturated rings. The molecule has 0 heterocycles. The van der Waals surface area contributed by atoms with Gasteiger partial charge in [-0.15, -0.1) is 6.58 Å². The summed E-state index contributed by atoms with van der Waals surface area (Å²) in [5, 5.41) is 10.7. The van der Waals surface area contributed by atoms with E-state index in [4.69, 9.17) is 4.74 Å². The summed E-state index contributed by atoms with van der Waals surface area (Å²) in [5.74, 6) is 1.63. The first-order chi connectivity index (χ1) is 16.2. The van der Waals surface area contributed by atoms with Crippen LogP contribution in [0, 0.1) is 39.4 Å². The van der Waals surface area contributed by atoms with Crippen molar-refractivity contribution >= 4 is 5.97 Å². The normalized spacial score (nSPS) is 41.9. The van der Waals surface area contributed by atoms with Gasteiger partial charge >= 0.3 is 5.97 Å². The first-order valence-corrected chi connectivity index (χ1v) is 14.4.